The molecule has 0 spiro atoms. The molecule has 0 saturated heterocycles. The van der Waals surface area contributed by atoms with Crippen molar-refractivity contribution in [1.29, 1.82) is 0 Å². The van der Waals surface area contributed by atoms with Gasteiger partial charge in [0.05, 0.1) is 6.10 Å². The van der Waals surface area contributed by atoms with E-state index < -0.39 is 0 Å². The highest BCUT2D eigenvalue weighted by atomic mass is 32.2. The van der Waals surface area contributed by atoms with E-state index in [4.69, 9.17) is 0 Å². The zero-order chi connectivity index (χ0) is 12.8. The molecule has 1 aromatic carbocycles. The lowest BCUT2D eigenvalue weighted by Gasteiger charge is -2.12. The van der Waals surface area contributed by atoms with Crippen molar-refractivity contribution in [3.05, 3.63) is 34.9 Å². The van der Waals surface area contributed by atoms with E-state index in [1.807, 2.05) is 11.8 Å². The summed E-state index contributed by atoms with van der Waals surface area (Å²) in [4.78, 5) is 0. The summed E-state index contributed by atoms with van der Waals surface area (Å²) in [5.41, 5.74) is 3.81. The highest BCUT2D eigenvalue weighted by Crippen LogP contribution is 2.14. The standard InChI is InChI=1S/C15H24OS/c1-11(2)9-17-10-15(16)8-14-6-12(3)5-13(4)7-14/h5-7,11,15-16H,8-10H2,1-4H3. The average molecular weight is 252 g/mol. The Balaban J connectivity index is 2.42. The van der Waals surface area contributed by atoms with Crippen molar-refractivity contribution >= 4 is 11.8 Å². The third-order valence-corrected chi connectivity index (χ3v) is 4.04. The number of thioether (sulfide) groups is 1. The molecule has 0 heterocycles. The van der Waals surface area contributed by atoms with Gasteiger partial charge in [0.15, 0.2) is 0 Å². The third-order valence-electron chi connectivity index (χ3n) is 2.51. The van der Waals surface area contributed by atoms with Gasteiger partial charge < -0.3 is 5.11 Å². The lowest BCUT2D eigenvalue weighted by Crippen LogP contribution is -2.14. The molecule has 0 amide bonds. The molecule has 96 valence electrons. The van der Waals surface area contributed by atoms with Gasteiger partial charge >= 0.3 is 0 Å². The molecule has 1 N–H and O–H groups in total. The van der Waals surface area contributed by atoms with E-state index in [-0.39, 0.29) is 6.10 Å². The number of aliphatic hydroxyl groups excluding tert-OH is 1. The molecule has 1 nitrogen and oxygen atoms in total. The lowest BCUT2D eigenvalue weighted by molar-refractivity contribution is 0.200. The Labute approximate surface area is 110 Å². The van der Waals surface area contributed by atoms with Gasteiger partial charge in [0.1, 0.15) is 0 Å². The number of aliphatic hydroxyl groups is 1. The summed E-state index contributed by atoms with van der Waals surface area (Å²) >= 11 is 1.85. The Morgan fingerprint density at radius 2 is 1.65 bits per heavy atom. The summed E-state index contributed by atoms with van der Waals surface area (Å²) in [6.07, 6.45) is 0.549. The molecule has 0 aliphatic heterocycles. The molecule has 17 heavy (non-hydrogen) atoms. The molecule has 1 aromatic rings. The first-order chi connectivity index (χ1) is 7.97. The second-order valence-electron chi connectivity index (χ2n) is 5.29. The molecule has 0 bridgehead atoms. The van der Waals surface area contributed by atoms with E-state index in [0.717, 1.165) is 17.9 Å². The fourth-order valence-electron chi connectivity index (χ4n) is 1.96. The van der Waals surface area contributed by atoms with Crippen molar-refractivity contribution in [2.45, 2.75) is 40.2 Å². The zero-order valence-corrected chi connectivity index (χ0v) is 12.2. The molecule has 0 aliphatic rings. The molecule has 0 fully saturated rings. The maximum absolute atomic E-state index is 9.98. The lowest BCUT2D eigenvalue weighted by atomic mass is 10.0. The van der Waals surface area contributed by atoms with E-state index in [0.29, 0.717) is 5.92 Å². The molecule has 1 unspecified atom stereocenters. The van der Waals surface area contributed by atoms with Crippen LogP contribution in [0.2, 0.25) is 0 Å². The molecule has 0 aromatic heterocycles. The SMILES string of the molecule is Cc1cc(C)cc(CC(O)CSCC(C)C)c1. The molecule has 0 aliphatic carbocycles. The Bertz CT molecular complexity index is 327. The minimum absolute atomic E-state index is 0.222. The zero-order valence-electron chi connectivity index (χ0n) is 11.4. The maximum Gasteiger partial charge on any atom is 0.0670 e. The number of rotatable bonds is 6. The van der Waals surface area contributed by atoms with E-state index in [1.54, 1.807) is 0 Å². The van der Waals surface area contributed by atoms with Crippen molar-refractivity contribution < 1.29 is 5.11 Å². The highest BCUT2D eigenvalue weighted by molar-refractivity contribution is 7.99. The van der Waals surface area contributed by atoms with Gasteiger partial charge in [0.25, 0.3) is 0 Å². The van der Waals surface area contributed by atoms with E-state index in [1.165, 1.54) is 16.7 Å². The Hall–Kier alpha value is -0.470. The Kier molecular flexibility index (Phi) is 6.07. The van der Waals surface area contributed by atoms with Gasteiger partial charge in [-0.05, 0) is 37.5 Å². The molecule has 1 rings (SSSR count). The molecule has 0 saturated carbocycles. The molecule has 2 heteroatoms. The van der Waals surface area contributed by atoms with E-state index in [9.17, 15) is 5.11 Å². The van der Waals surface area contributed by atoms with Crippen molar-refractivity contribution in [1.82, 2.24) is 0 Å². The fourth-order valence-corrected chi connectivity index (χ4v) is 2.96. The highest BCUT2D eigenvalue weighted by Gasteiger charge is 2.07. The van der Waals surface area contributed by atoms with Gasteiger partial charge in [-0.1, -0.05) is 43.2 Å². The van der Waals surface area contributed by atoms with Crippen molar-refractivity contribution in [2.75, 3.05) is 11.5 Å². The van der Waals surface area contributed by atoms with Gasteiger partial charge in [-0.15, -0.1) is 0 Å². The predicted octanol–water partition coefficient (Wildman–Crippen LogP) is 3.60. The van der Waals surface area contributed by atoms with Gasteiger partial charge in [0, 0.05) is 5.75 Å². The predicted molar refractivity (Wildman–Crippen MR) is 77.8 cm³/mol. The van der Waals surface area contributed by atoms with Crippen LogP contribution in [-0.2, 0) is 6.42 Å². The minimum atomic E-state index is -0.222. The van der Waals surface area contributed by atoms with Gasteiger partial charge in [-0.25, -0.2) is 0 Å². The number of aryl methyl sites for hydroxylation is 2. The largest absolute Gasteiger partial charge is 0.392 e. The minimum Gasteiger partial charge on any atom is -0.392 e. The topological polar surface area (TPSA) is 20.2 Å². The quantitative estimate of drug-likeness (QED) is 0.835. The summed E-state index contributed by atoms with van der Waals surface area (Å²) in [6.45, 7) is 8.64. The van der Waals surface area contributed by atoms with E-state index in [2.05, 4.69) is 45.9 Å². The van der Waals surface area contributed by atoms with Crippen LogP contribution >= 0.6 is 11.8 Å². The second-order valence-corrected chi connectivity index (χ2v) is 6.36. The van der Waals surface area contributed by atoms with Crippen LogP contribution in [0.5, 0.6) is 0 Å². The van der Waals surface area contributed by atoms with Crippen LogP contribution < -0.4 is 0 Å². The van der Waals surface area contributed by atoms with Crippen LogP contribution in [0.4, 0.5) is 0 Å². The van der Waals surface area contributed by atoms with Crippen LogP contribution in [0.15, 0.2) is 18.2 Å². The van der Waals surface area contributed by atoms with Gasteiger partial charge in [-0.3, -0.25) is 0 Å². The molecular formula is C15H24OS. The number of hydrogen-bond donors (Lipinski definition) is 1. The summed E-state index contributed by atoms with van der Waals surface area (Å²) < 4.78 is 0. The normalized spacial score (nSPS) is 13.1. The van der Waals surface area contributed by atoms with Crippen LogP contribution in [0.3, 0.4) is 0 Å². The first kappa shape index (κ1) is 14.6. The monoisotopic (exact) mass is 252 g/mol. The Morgan fingerprint density at radius 1 is 1.06 bits per heavy atom. The smallest absolute Gasteiger partial charge is 0.0670 e. The van der Waals surface area contributed by atoms with Crippen LogP contribution in [-0.4, -0.2) is 22.7 Å². The van der Waals surface area contributed by atoms with Gasteiger partial charge in [-0.2, -0.15) is 11.8 Å². The first-order valence-electron chi connectivity index (χ1n) is 6.30. The number of hydrogen-bond acceptors (Lipinski definition) is 2. The van der Waals surface area contributed by atoms with Crippen LogP contribution in [0.25, 0.3) is 0 Å². The average Bonchev–Trinajstić information content (AvgIpc) is 2.14. The number of benzene rings is 1. The summed E-state index contributed by atoms with van der Waals surface area (Å²) in [7, 11) is 0. The van der Waals surface area contributed by atoms with Crippen LogP contribution in [0, 0.1) is 19.8 Å². The van der Waals surface area contributed by atoms with Crippen LogP contribution in [0.1, 0.15) is 30.5 Å². The molecule has 0 radical (unpaired) electrons. The molecular weight excluding hydrogens is 228 g/mol. The van der Waals surface area contributed by atoms with Crippen molar-refractivity contribution in [2.24, 2.45) is 5.92 Å². The first-order valence-corrected chi connectivity index (χ1v) is 7.46. The summed E-state index contributed by atoms with van der Waals surface area (Å²) in [5.74, 6) is 2.67. The second kappa shape index (κ2) is 7.07. The fraction of sp³-hybridized carbons (Fsp3) is 0.600. The van der Waals surface area contributed by atoms with E-state index >= 15 is 0 Å². The summed E-state index contributed by atoms with van der Waals surface area (Å²) in [6, 6.07) is 6.51. The van der Waals surface area contributed by atoms with Gasteiger partial charge in [0.2, 0.25) is 0 Å². The third kappa shape index (κ3) is 6.13. The summed E-state index contributed by atoms with van der Waals surface area (Å²) in [5, 5.41) is 9.98. The Morgan fingerprint density at radius 3 is 2.18 bits per heavy atom. The molecule has 1 atom stereocenters. The van der Waals surface area contributed by atoms with Crippen molar-refractivity contribution in [3.63, 3.8) is 0 Å². The maximum atomic E-state index is 9.98. The van der Waals surface area contributed by atoms with Crippen molar-refractivity contribution in [3.8, 4) is 0 Å².